The van der Waals surface area contributed by atoms with Crippen LogP contribution in [-0.4, -0.2) is 29.4 Å². The minimum absolute atomic E-state index is 0.0836. The highest BCUT2D eigenvalue weighted by Gasteiger charge is 2.24. The van der Waals surface area contributed by atoms with Gasteiger partial charge in [0.1, 0.15) is 5.75 Å². The Morgan fingerprint density at radius 1 is 1.16 bits per heavy atom. The molecule has 0 fully saturated rings. The van der Waals surface area contributed by atoms with Crippen molar-refractivity contribution in [1.29, 1.82) is 0 Å². The second kappa shape index (κ2) is 5.96. The number of benzene rings is 2. The summed E-state index contributed by atoms with van der Waals surface area (Å²) in [5.41, 5.74) is 6.49. The Hall–Kier alpha value is -2.75. The van der Waals surface area contributed by atoms with Gasteiger partial charge in [-0.3, -0.25) is 4.79 Å². The number of fused-ring (bicyclic) bond motifs is 2. The largest absolute Gasteiger partial charge is 0.497 e. The number of ether oxygens (including phenoxy) is 1. The van der Waals surface area contributed by atoms with Crippen LogP contribution in [0.1, 0.15) is 32.7 Å². The van der Waals surface area contributed by atoms with Crippen molar-refractivity contribution >= 4 is 16.8 Å². The molecule has 0 atom stereocenters. The molecule has 1 N–H and O–H groups in total. The SMILES string of the molecule is COc1ccc2c(c1)CN(C(=O)c1cccc3c(C)c(C)[nH]c13)CC2. The fourth-order valence-corrected chi connectivity index (χ4v) is 3.67. The zero-order valence-electron chi connectivity index (χ0n) is 14.8. The van der Waals surface area contributed by atoms with E-state index in [2.05, 4.69) is 24.0 Å². The number of aromatic amines is 1. The molecule has 0 saturated carbocycles. The van der Waals surface area contributed by atoms with Crippen molar-refractivity contribution in [2.24, 2.45) is 0 Å². The van der Waals surface area contributed by atoms with Crippen molar-refractivity contribution in [1.82, 2.24) is 9.88 Å². The van der Waals surface area contributed by atoms with E-state index in [1.165, 1.54) is 16.7 Å². The molecule has 4 nitrogen and oxygen atoms in total. The minimum atomic E-state index is 0.0836. The van der Waals surface area contributed by atoms with Gasteiger partial charge in [-0.05, 0) is 55.2 Å². The Balaban J connectivity index is 1.69. The number of methoxy groups -OCH3 is 1. The van der Waals surface area contributed by atoms with Gasteiger partial charge in [0.15, 0.2) is 0 Å². The van der Waals surface area contributed by atoms with Gasteiger partial charge in [-0.2, -0.15) is 0 Å². The van der Waals surface area contributed by atoms with E-state index in [9.17, 15) is 4.79 Å². The number of para-hydroxylation sites is 1. The first-order valence-electron chi connectivity index (χ1n) is 8.61. The van der Waals surface area contributed by atoms with E-state index < -0.39 is 0 Å². The maximum absolute atomic E-state index is 13.2. The number of H-pyrrole nitrogens is 1. The summed E-state index contributed by atoms with van der Waals surface area (Å²) in [6.07, 6.45) is 0.879. The Labute approximate surface area is 147 Å². The van der Waals surface area contributed by atoms with Gasteiger partial charge in [0, 0.05) is 24.2 Å². The number of aromatic nitrogens is 1. The van der Waals surface area contributed by atoms with Crippen LogP contribution < -0.4 is 4.74 Å². The van der Waals surface area contributed by atoms with E-state index in [1.54, 1.807) is 7.11 Å². The van der Waals surface area contributed by atoms with Crippen LogP contribution in [0.4, 0.5) is 0 Å². The predicted molar refractivity (Wildman–Crippen MR) is 99.2 cm³/mol. The first kappa shape index (κ1) is 15.8. The lowest BCUT2D eigenvalue weighted by Gasteiger charge is -2.29. The highest BCUT2D eigenvalue weighted by atomic mass is 16.5. The zero-order valence-corrected chi connectivity index (χ0v) is 14.8. The molecule has 1 aliphatic heterocycles. The summed E-state index contributed by atoms with van der Waals surface area (Å²) in [4.78, 5) is 18.5. The van der Waals surface area contributed by atoms with Crippen LogP contribution in [0.2, 0.25) is 0 Å². The molecular weight excluding hydrogens is 312 g/mol. The van der Waals surface area contributed by atoms with Crippen LogP contribution >= 0.6 is 0 Å². The van der Waals surface area contributed by atoms with E-state index in [0.29, 0.717) is 6.54 Å². The van der Waals surface area contributed by atoms with Crippen molar-refractivity contribution < 1.29 is 9.53 Å². The van der Waals surface area contributed by atoms with Crippen molar-refractivity contribution in [3.05, 3.63) is 64.3 Å². The number of nitrogens with zero attached hydrogens (tertiary/aromatic N) is 1. The first-order chi connectivity index (χ1) is 12.1. The number of amides is 1. The Morgan fingerprint density at radius 2 is 2.00 bits per heavy atom. The monoisotopic (exact) mass is 334 g/mol. The van der Waals surface area contributed by atoms with Crippen molar-refractivity contribution in [3.8, 4) is 5.75 Å². The third kappa shape index (κ3) is 2.58. The molecule has 1 aliphatic rings. The second-order valence-electron chi connectivity index (χ2n) is 6.71. The lowest BCUT2D eigenvalue weighted by molar-refractivity contribution is 0.0736. The predicted octanol–water partition coefficient (Wildman–Crippen LogP) is 3.99. The molecule has 0 spiro atoms. The van der Waals surface area contributed by atoms with Gasteiger partial charge in [0.2, 0.25) is 0 Å². The molecule has 0 saturated heterocycles. The first-order valence-corrected chi connectivity index (χ1v) is 8.61. The number of hydrogen-bond donors (Lipinski definition) is 1. The Morgan fingerprint density at radius 3 is 2.80 bits per heavy atom. The third-order valence-corrected chi connectivity index (χ3v) is 5.29. The topological polar surface area (TPSA) is 45.3 Å². The van der Waals surface area contributed by atoms with Crippen LogP contribution in [0, 0.1) is 13.8 Å². The summed E-state index contributed by atoms with van der Waals surface area (Å²) < 4.78 is 5.33. The number of hydrogen-bond acceptors (Lipinski definition) is 2. The van der Waals surface area contributed by atoms with E-state index in [-0.39, 0.29) is 5.91 Å². The molecular formula is C21H22N2O2. The number of rotatable bonds is 2. The standard InChI is InChI=1S/C21H22N2O2/c1-13-14(2)22-20-18(13)5-4-6-19(20)21(24)23-10-9-15-7-8-17(25-3)11-16(15)12-23/h4-8,11,22H,9-10,12H2,1-3H3. The maximum atomic E-state index is 13.2. The average molecular weight is 334 g/mol. The van der Waals surface area contributed by atoms with Gasteiger partial charge in [-0.25, -0.2) is 0 Å². The van der Waals surface area contributed by atoms with E-state index in [1.807, 2.05) is 36.1 Å². The minimum Gasteiger partial charge on any atom is -0.497 e. The molecule has 0 radical (unpaired) electrons. The summed E-state index contributed by atoms with van der Waals surface area (Å²) >= 11 is 0. The lowest BCUT2D eigenvalue weighted by atomic mass is 9.98. The molecule has 4 rings (SSSR count). The number of aryl methyl sites for hydroxylation is 2. The normalized spacial score (nSPS) is 13.8. The summed E-state index contributed by atoms with van der Waals surface area (Å²) in [6.45, 7) is 5.51. The lowest BCUT2D eigenvalue weighted by Crippen LogP contribution is -2.36. The Bertz CT molecular complexity index is 971. The molecule has 0 bridgehead atoms. The van der Waals surface area contributed by atoms with E-state index >= 15 is 0 Å². The average Bonchev–Trinajstić information content (AvgIpc) is 2.94. The van der Waals surface area contributed by atoms with Crippen LogP contribution in [0.3, 0.4) is 0 Å². The second-order valence-corrected chi connectivity index (χ2v) is 6.71. The molecule has 4 heteroatoms. The molecule has 1 amide bonds. The summed E-state index contributed by atoms with van der Waals surface area (Å²) in [5, 5.41) is 1.13. The highest BCUT2D eigenvalue weighted by Crippen LogP contribution is 2.28. The third-order valence-electron chi connectivity index (χ3n) is 5.29. The summed E-state index contributed by atoms with van der Waals surface area (Å²) in [6, 6.07) is 12.1. The molecule has 2 heterocycles. The van der Waals surface area contributed by atoms with Gasteiger partial charge in [0.05, 0.1) is 18.2 Å². The number of carbonyl (C=O) groups is 1. The number of nitrogens with one attached hydrogen (secondary N) is 1. The van der Waals surface area contributed by atoms with E-state index in [0.717, 1.165) is 40.9 Å². The Kier molecular flexibility index (Phi) is 3.75. The van der Waals surface area contributed by atoms with Crippen LogP contribution in [-0.2, 0) is 13.0 Å². The smallest absolute Gasteiger partial charge is 0.256 e. The van der Waals surface area contributed by atoms with Gasteiger partial charge in [-0.15, -0.1) is 0 Å². The molecule has 2 aromatic carbocycles. The van der Waals surface area contributed by atoms with Gasteiger partial charge in [0.25, 0.3) is 5.91 Å². The quantitative estimate of drug-likeness (QED) is 0.770. The highest BCUT2D eigenvalue weighted by molar-refractivity contribution is 6.06. The van der Waals surface area contributed by atoms with Crippen molar-refractivity contribution in [3.63, 3.8) is 0 Å². The fourth-order valence-electron chi connectivity index (χ4n) is 3.67. The van der Waals surface area contributed by atoms with Gasteiger partial charge >= 0.3 is 0 Å². The van der Waals surface area contributed by atoms with E-state index in [4.69, 9.17) is 4.74 Å². The zero-order chi connectivity index (χ0) is 17.6. The van der Waals surface area contributed by atoms with Gasteiger partial charge < -0.3 is 14.6 Å². The summed E-state index contributed by atoms with van der Waals surface area (Å²) in [7, 11) is 1.67. The fraction of sp³-hybridized carbons (Fsp3) is 0.286. The molecule has 25 heavy (non-hydrogen) atoms. The molecule has 3 aromatic rings. The van der Waals surface area contributed by atoms with Crippen LogP contribution in [0.25, 0.3) is 10.9 Å². The van der Waals surface area contributed by atoms with Gasteiger partial charge in [-0.1, -0.05) is 18.2 Å². The van der Waals surface area contributed by atoms with Crippen LogP contribution in [0.5, 0.6) is 5.75 Å². The van der Waals surface area contributed by atoms with Crippen molar-refractivity contribution in [2.75, 3.05) is 13.7 Å². The molecule has 0 unspecified atom stereocenters. The van der Waals surface area contributed by atoms with Crippen molar-refractivity contribution in [2.45, 2.75) is 26.8 Å². The maximum Gasteiger partial charge on any atom is 0.256 e. The van der Waals surface area contributed by atoms with Crippen LogP contribution in [0.15, 0.2) is 36.4 Å². The molecule has 128 valence electrons. The molecule has 1 aromatic heterocycles. The number of carbonyl (C=O) groups excluding carboxylic acids is 1. The molecule has 0 aliphatic carbocycles. The summed E-state index contributed by atoms with van der Waals surface area (Å²) in [5.74, 6) is 0.922.